The summed E-state index contributed by atoms with van der Waals surface area (Å²) in [6.45, 7) is 3.14. The van der Waals surface area contributed by atoms with Gasteiger partial charge >= 0.3 is 0 Å². The van der Waals surface area contributed by atoms with Crippen LogP contribution in [-0.4, -0.2) is 23.9 Å². The smallest absolute Gasteiger partial charge is 0.127 e. The molecule has 1 atom stereocenters. The van der Waals surface area contributed by atoms with Crippen LogP contribution in [0.1, 0.15) is 12.5 Å². The van der Waals surface area contributed by atoms with E-state index < -0.39 is 0 Å². The monoisotopic (exact) mass is 249 g/mol. The summed E-state index contributed by atoms with van der Waals surface area (Å²) in [5, 5.41) is 0.607. The van der Waals surface area contributed by atoms with Crippen molar-refractivity contribution in [3.63, 3.8) is 0 Å². The zero-order valence-corrected chi connectivity index (χ0v) is 10.3. The fraction of sp³-hybridized carbons (Fsp3) is 0.455. The van der Waals surface area contributed by atoms with E-state index in [4.69, 9.17) is 23.2 Å². The molecule has 0 radical (unpaired) electrons. The normalized spacial score (nSPS) is 13.2. The molecule has 1 unspecified atom stereocenters. The Morgan fingerprint density at radius 2 is 2.13 bits per heavy atom. The molecule has 15 heavy (non-hydrogen) atoms. The van der Waals surface area contributed by atoms with E-state index in [1.165, 1.54) is 6.07 Å². The molecule has 0 amide bonds. The maximum absolute atomic E-state index is 13.3. The third-order valence-electron chi connectivity index (χ3n) is 2.01. The van der Waals surface area contributed by atoms with Crippen LogP contribution in [0.2, 0.25) is 5.02 Å². The molecule has 1 rings (SSSR count). The van der Waals surface area contributed by atoms with Gasteiger partial charge in [0, 0.05) is 29.1 Å². The van der Waals surface area contributed by atoms with Crippen molar-refractivity contribution in [1.29, 1.82) is 0 Å². The minimum Gasteiger partial charge on any atom is -0.301 e. The van der Waals surface area contributed by atoms with E-state index >= 15 is 0 Å². The Labute approximate surface area is 99.8 Å². The third kappa shape index (κ3) is 4.37. The molecule has 0 aliphatic heterocycles. The minimum atomic E-state index is -0.228. The first-order valence-electron chi connectivity index (χ1n) is 4.75. The van der Waals surface area contributed by atoms with Crippen LogP contribution in [-0.2, 0) is 6.54 Å². The maximum Gasteiger partial charge on any atom is 0.127 e. The van der Waals surface area contributed by atoms with Crippen LogP contribution in [0.3, 0.4) is 0 Å². The summed E-state index contributed by atoms with van der Waals surface area (Å²) in [7, 11) is 1.90. The predicted molar refractivity (Wildman–Crippen MR) is 63.1 cm³/mol. The Kier molecular flexibility index (Phi) is 4.84. The first-order chi connectivity index (χ1) is 6.99. The van der Waals surface area contributed by atoms with Gasteiger partial charge in [0.15, 0.2) is 0 Å². The van der Waals surface area contributed by atoms with E-state index in [1.54, 1.807) is 12.1 Å². The lowest BCUT2D eigenvalue weighted by Gasteiger charge is -2.18. The van der Waals surface area contributed by atoms with Gasteiger partial charge < -0.3 is 4.90 Å². The molecule has 0 aliphatic carbocycles. The first-order valence-corrected chi connectivity index (χ1v) is 5.57. The van der Waals surface area contributed by atoms with Crippen molar-refractivity contribution in [3.8, 4) is 0 Å². The topological polar surface area (TPSA) is 3.24 Å². The van der Waals surface area contributed by atoms with E-state index in [9.17, 15) is 4.39 Å². The standard InChI is InChI=1S/C11H14Cl2FN/c1-8(12)6-15(2)7-9-5-10(13)3-4-11(9)14/h3-5,8H,6-7H2,1-2H3. The largest absolute Gasteiger partial charge is 0.301 e. The van der Waals surface area contributed by atoms with Crippen LogP contribution in [0.15, 0.2) is 18.2 Å². The van der Waals surface area contributed by atoms with Gasteiger partial charge in [0.25, 0.3) is 0 Å². The van der Waals surface area contributed by atoms with E-state index in [1.807, 2.05) is 18.9 Å². The summed E-state index contributed by atoms with van der Waals surface area (Å²) in [5.74, 6) is -0.228. The number of hydrogen-bond donors (Lipinski definition) is 0. The van der Waals surface area contributed by atoms with Gasteiger partial charge in [-0.2, -0.15) is 0 Å². The molecular weight excluding hydrogens is 236 g/mol. The fourth-order valence-electron chi connectivity index (χ4n) is 1.45. The highest BCUT2D eigenvalue weighted by atomic mass is 35.5. The number of halogens is 3. The predicted octanol–water partition coefficient (Wildman–Crippen LogP) is 3.54. The van der Waals surface area contributed by atoms with E-state index in [0.717, 1.165) is 0 Å². The fourth-order valence-corrected chi connectivity index (χ4v) is 1.88. The van der Waals surface area contributed by atoms with E-state index in [0.29, 0.717) is 23.7 Å². The minimum absolute atomic E-state index is 0.0530. The molecule has 1 nitrogen and oxygen atoms in total. The summed E-state index contributed by atoms with van der Waals surface area (Å²) < 4.78 is 13.3. The Hall–Kier alpha value is -0.310. The molecule has 0 N–H and O–H groups in total. The summed E-state index contributed by atoms with van der Waals surface area (Å²) in [6.07, 6.45) is 0. The van der Waals surface area contributed by atoms with Crippen molar-refractivity contribution in [1.82, 2.24) is 4.90 Å². The van der Waals surface area contributed by atoms with Crippen LogP contribution in [0.5, 0.6) is 0 Å². The highest BCUT2D eigenvalue weighted by Crippen LogP contribution is 2.16. The first kappa shape index (κ1) is 12.8. The number of rotatable bonds is 4. The number of nitrogens with zero attached hydrogens (tertiary/aromatic N) is 1. The lowest BCUT2D eigenvalue weighted by molar-refractivity contribution is 0.324. The van der Waals surface area contributed by atoms with Crippen LogP contribution in [0.4, 0.5) is 4.39 Å². The summed E-state index contributed by atoms with van der Waals surface area (Å²) in [4.78, 5) is 1.96. The maximum atomic E-state index is 13.3. The van der Waals surface area contributed by atoms with Gasteiger partial charge in [-0.3, -0.25) is 0 Å². The van der Waals surface area contributed by atoms with Crippen molar-refractivity contribution in [3.05, 3.63) is 34.6 Å². The Morgan fingerprint density at radius 1 is 1.47 bits per heavy atom. The average molecular weight is 250 g/mol. The van der Waals surface area contributed by atoms with Crippen molar-refractivity contribution in [2.75, 3.05) is 13.6 Å². The number of benzene rings is 1. The van der Waals surface area contributed by atoms with Crippen molar-refractivity contribution >= 4 is 23.2 Å². The zero-order chi connectivity index (χ0) is 11.4. The molecule has 1 aromatic carbocycles. The van der Waals surface area contributed by atoms with Crippen LogP contribution in [0.25, 0.3) is 0 Å². The molecule has 0 aromatic heterocycles. The lowest BCUT2D eigenvalue weighted by atomic mass is 10.2. The second-order valence-electron chi connectivity index (χ2n) is 3.71. The van der Waals surface area contributed by atoms with Crippen molar-refractivity contribution in [2.45, 2.75) is 18.8 Å². The highest BCUT2D eigenvalue weighted by Gasteiger charge is 2.08. The van der Waals surface area contributed by atoms with Gasteiger partial charge in [-0.1, -0.05) is 11.6 Å². The molecule has 0 spiro atoms. The van der Waals surface area contributed by atoms with Crippen molar-refractivity contribution < 1.29 is 4.39 Å². The summed E-state index contributed by atoms with van der Waals surface area (Å²) in [5.41, 5.74) is 0.599. The third-order valence-corrected chi connectivity index (χ3v) is 2.38. The Bertz CT molecular complexity index is 328. The molecule has 4 heteroatoms. The van der Waals surface area contributed by atoms with Crippen LogP contribution >= 0.6 is 23.2 Å². The molecule has 0 fully saturated rings. The molecule has 0 heterocycles. The quantitative estimate of drug-likeness (QED) is 0.739. The molecule has 1 aromatic rings. The molecule has 0 saturated carbocycles. The van der Waals surface area contributed by atoms with Crippen molar-refractivity contribution in [2.24, 2.45) is 0 Å². The highest BCUT2D eigenvalue weighted by molar-refractivity contribution is 6.30. The van der Waals surface area contributed by atoms with E-state index in [2.05, 4.69) is 0 Å². The van der Waals surface area contributed by atoms with Gasteiger partial charge in [0.1, 0.15) is 5.82 Å². The second-order valence-corrected chi connectivity index (χ2v) is 4.89. The Morgan fingerprint density at radius 3 is 2.73 bits per heavy atom. The summed E-state index contributed by atoms with van der Waals surface area (Å²) >= 11 is 11.6. The number of alkyl halides is 1. The van der Waals surface area contributed by atoms with Gasteiger partial charge in [-0.05, 0) is 32.2 Å². The van der Waals surface area contributed by atoms with Gasteiger partial charge in [-0.15, -0.1) is 11.6 Å². The molecule has 0 bridgehead atoms. The summed E-state index contributed by atoms with van der Waals surface area (Å²) in [6, 6.07) is 4.58. The average Bonchev–Trinajstić information content (AvgIpc) is 2.10. The Balaban J connectivity index is 2.67. The lowest BCUT2D eigenvalue weighted by Crippen LogP contribution is -2.24. The van der Waals surface area contributed by atoms with Gasteiger partial charge in [-0.25, -0.2) is 4.39 Å². The van der Waals surface area contributed by atoms with Crippen LogP contribution in [0, 0.1) is 5.82 Å². The van der Waals surface area contributed by atoms with Crippen LogP contribution < -0.4 is 0 Å². The van der Waals surface area contributed by atoms with Gasteiger partial charge in [0.2, 0.25) is 0 Å². The van der Waals surface area contributed by atoms with Gasteiger partial charge in [0.05, 0.1) is 0 Å². The van der Waals surface area contributed by atoms with E-state index in [-0.39, 0.29) is 11.2 Å². The molecule has 0 aliphatic rings. The molecular formula is C11H14Cl2FN. The molecule has 0 saturated heterocycles. The zero-order valence-electron chi connectivity index (χ0n) is 8.80. The molecule has 84 valence electrons. The second kappa shape index (κ2) is 5.69. The number of hydrogen-bond acceptors (Lipinski definition) is 1. The SMILES string of the molecule is CC(Cl)CN(C)Cc1cc(Cl)ccc1F.